The summed E-state index contributed by atoms with van der Waals surface area (Å²) in [5, 5.41) is 6.72. The van der Waals surface area contributed by atoms with Gasteiger partial charge in [0, 0.05) is 19.3 Å². The first-order valence-corrected chi connectivity index (χ1v) is 8.83. The second-order valence-electron chi connectivity index (χ2n) is 5.99. The molecule has 0 unspecified atom stereocenters. The molecule has 0 amide bonds. The van der Waals surface area contributed by atoms with E-state index in [-0.39, 0.29) is 11.6 Å². The maximum Gasteiger partial charge on any atom is 0.354 e. The van der Waals surface area contributed by atoms with Gasteiger partial charge in [0.1, 0.15) is 5.65 Å². The van der Waals surface area contributed by atoms with Crippen LogP contribution < -0.4 is 22.5 Å². The predicted molar refractivity (Wildman–Crippen MR) is 110 cm³/mol. The number of guanidine groups is 1. The van der Waals surface area contributed by atoms with Gasteiger partial charge in [-0.2, -0.15) is 16.4 Å². The van der Waals surface area contributed by atoms with E-state index >= 15 is 0 Å². The Kier molecular flexibility index (Phi) is 5.94. The van der Waals surface area contributed by atoms with Crippen LogP contribution >= 0.6 is 12.2 Å². The number of fused-ring (bicyclic) bond motifs is 1. The summed E-state index contributed by atoms with van der Waals surface area (Å²) in [6.45, 7) is 2.14. The summed E-state index contributed by atoms with van der Waals surface area (Å²) < 4.78 is 1.51. The quantitative estimate of drug-likeness (QED) is 0.149. The Morgan fingerprint density at radius 2 is 2.11 bits per heavy atom. The van der Waals surface area contributed by atoms with Crippen LogP contribution in [0.1, 0.15) is 17.7 Å². The highest BCUT2D eigenvalue weighted by Crippen LogP contribution is 2.13. The molecule has 0 spiro atoms. The molecule has 0 bridgehead atoms. The van der Waals surface area contributed by atoms with E-state index in [1.165, 1.54) is 4.57 Å². The fraction of sp³-hybridized carbons (Fsp3) is 0.222. The zero-order valence-electron chi connectivity index (χ0n) is 14.6. The Labute approximate surface area is 161 Å². The Balaban J connectivity index is 1.65. The van der Waals surface area contributed by atoms with E-state index in [9.17, 15) is 4.79 Å². The van der Waals surface area contributed by atoms with Crippen LogP contribution in [0.15, 0.2) is 46.3 Å². The zero-order valence-corrected chi connectivity index (χ0v) is 15.4. The summed E-state index contributed by atoms with van der Waals surface area (Å²) in [7, 11) is 0. The van der Waals surface area contributed by atoms with Gasteiger partial charge in [0.2, 0.25) is 0 Å². The Hall–Kier alpha value is -3.04. The first-order chi connectivity index (χ1) is 13.1. The minimum absolute atomic E-state index is 0.116. The van der Waals surface area contributed by atoms with Gasteiger partial charge in [-0.05, 0) is 36.0 Å². The van der Waals surface area contributed by atoms with E-state index in [0.717, 1.165) is 36.1 Å². The lowest BCUT2D eigenvalue weighted by molar-refractivity contribution is 0.655. The molecule has 1 aromatic carbocycles. The average molecular weight is 382 g/mol. The first kappa shape index (κ1) is 18.7. The third kappa shape index (κ3) is 4.78. The number of hydrogen-bond acceptors (Lipinski definition) is 5. The molecule has 0 atom stereocenters. The molecule has 0 aliphatic carbocycles. The van der Waals surface area contributed by atoms with Gasteiger partial charge in [0.05, 0.1) is 5.69 Å². The van der Waals surface area contributed by atoms with E-state index in [2.05, 4.69) is 25.6 Å². The van der Waals surface area contributed by atoms with Crippen LogP contribution in [-0.4, -0.2) is 39.0 Å². The Morgan fingerprint density at radius 1 is 1.33 bits per heavy atom. The van der Waals surface area contributed by atoms with Crippen LogP contribution in [0.5, 0.6) is 0 Å². The second kappa shape index (κ2) is 8.56. The van der Waals surface area contributed by atoms with Gasteiger partial charge in [-0.1, -0.05) is 12.1 Å². The number of nitrogens with two attached hydrogens (primary N) is 2. The van der Waals surface area contributed by atoms with Gasteiger partial charge in [-0.15, -0.1) is 5.69 Å². The van der Waals surface area contributed by atoms with Crippen molar-refractivity contribution in [2.45, 2.75) is 13.0 Å². The average Bonchev–Trinajstić information content (AvgIpc) is 3.06. The summed E-state index contributed by atoms with van der Waals surface area (Å²) in [5.74, 6) is 0.116. The summed E-state index contributed by atoms with van der Waals surface area (Å²) in [6, 6.07) is 9.55. The number of H-pyrrole nitrogens is 1. The molecule has 0 aliphatic rings. The van der Waals surface area contributed by atoms with Gasteiger partial charge in [-0.25, -0.2) is 17.0 Å². The molecule has 140 valence electrons. The molecule has 0 saturated carbocycles. The van der Waals surface area contributed by atoms with Crippen LogP contribution in [0.25, 0.3) is 16.7 Å². The highest BCUT2D eigenvalue weighted by atomic mass is 32.1. The van der Waals surface area contributed by atoms with Gasteiger partial charge in [-0.3, -0.25) is 9.56 Å². The van der Waals surface area contributed by atoms with Gasteiger partial charge < -0.3 is 21.8 Å². The van der Waals surface area contributed by atoms with Crippen LogP contribution in [0, 0.1) is 0 Å². The number of aliphatic imine (C=N–C) groups is 1. The van der Waals surface area contributed by atoms with Crippen LogP contribution in [0.4, 0.5) is 0 Å². The van der Waals surface area contributed by atoms with Gasteiger partial charge >= 0.3 is 5.69 Å². The standard InChI is InChI=1S/C18H20N7OS/c19-17(20)22-7-1-6-21-9-12-2-4-15(5-3-12)25-10-13-8-14(11-27)23-16(13)24-18(25)26/h2-5,8,10,21H,1,6-7,9H2,(H4,19,20,22)(H,23,24,26)/q-1. The van der Waals surface area contributed by atoms with Crippen LogP contribution in [0.2, 0.25) is 0 Å². The van der Waals surface area contributed by atoms with Gasteiger partial charge in [0.15, 0.2) is 5.96 Å². The number of nitrogens with one attached hydrogen (secondary N) is 2. The molecular formula is C18H20N7OS-. The number of rotatable bonds is 8. The van der Waals surface area contributed by atoms with Crippen LogP contribution in [-0.2, 0) is 6.54 Å². The number of aromatic nitrogens is 3. The predicted octanol–water partition coefficient (Wildman–Crippen LogP) is 0.692. The van der Waals surface area contributed by atoms with Gasteiger partial charge in [0.25, 0.3) is 0 Å². The molecule has 2 aromatic heterocycles. The molecule has 9 heteroatoms. The molecule has 0 saturated heterocycles. The van der Waals surface area contributed by atoms with Crippen LogP contribution in [0.3, 0.4) is 0 Å². The highest BCUT2D eigenvalue weighted by Gasteiger charge is 2.04. The number of nitrogens with zero attached hydrogens (tertiary/aromatic N) is 3. The fourth-order valence-electron chi connectivity index (χ4n) is 2.65. The van der Waals surface area contributed by atoms with Crippen molar-refractivity contribution in [3.8, 4) is 5.69 Å². The van der Waals surface area contributed by atoms with E-state index in [0.29, 0.717) is 17.9 Å². The normalized spacial score (nSPS) is 10.8. The summed E-state index contributed by atoms with van der Waals surface area (Å²) in [6.07, 6.45) is 2.60. The molecule has 2 heterocycles. The first-order valence-electron chi connectivity index (χ1n) is 8.43. The zero-order chi connectivity index (χ0) is 19.2. The molecule has 0 fully saturated rings. The third-order valence-electron chi connectivity index (χ3n) is 3.97. The molecule has 6 N–H and O–H groups in total. The fourth-order valence-corrected chi connectivity index (χ4v) is 2.76. The second-order valence-corrected chi connectivity index (χ2v) is 6.19. The van der Waals surface area contributed by atoms with E-state index in [1.54, 1.807) is 6.20 Å². The lowest BCUT2D eigenvalue weighted by Gasteiger charge is -2.08. The topological polar surface area (TPSA) is 127 Å². The number of aromatic amines is 1. The Bertz CT molecular complexity index is 1020. The molecule has 27 heavy (non-hydrogen) atoms. The lowest BCUT2D eigenvalue weighted by atomic mass is 10.2. The van der Waals surface area contributed by atoms with Crippen molar-refractivity contribution >= 4 is 34.6 Å². The van der Waals surface area contributed by atoms with Crippen molar-refractivity contribution < 1.29 is 0 Å². The Morgan fingerprint density at radius 3 is 2.81 bits per heavy atom. The lowest BCUT2D eigenvalue weighted by Crippen LogP contribution is -2.23. The van der Waals surface area contributed by atoms with Crippen molar-refractivity contribution in [1.82, 2.24) is 19.9 Å². The maximum atomic E-state index is 12.3. The van der Waals surface area contributed by atoms with E-state index < -0.39 is 0 Å². The number of benzene rings is 1. The maximum absolute atomic E-state index is 12.3. The summed E-state index contributed by atoms with van der Waals surface area (Å²) in [4.78, 5) is 23.2. The molecule has 0 radical (unpaired) electrons. The minimum Gasteiger partial charge on any atom is -0.375 e. The van der Waals surface area contributed by atoms with E-state index in [4.69, 9.17) is 23.7 Å². The molecule has 3 rings (SSSR count). The molecule has 8 nitrogen and oxygen atoms in total. The third-order valence-corrected chi connectivity index (χ3v) is 4.19. The van der Waals surface area contributed by atoms with Crippen molar-refractivity contribution in [1.29, 1.82) is 0 Å². The summed E-state index contributed by atoms with van der Waals surface area (Å²) >= 11 is 4.79. The SMILES string of the molecule is NC(N)=NCCCNCc1ccc(-n2cc3cc([C-]=S)[nH]c3nc2=O)cc1. The molecule has 3 aromatic rings. The van der Waals surface area contributed by atoms with Crippen molar-refractivity contribution in [3.63, 3.8) is 0 Å². The minimum atomic E-state index is -0.356. The van der Waals surface area contributed by atoms with Crippen molar-refractivity contribution in [2.75, 3.05) is 13.1 Å². The molecular weight excluding hydrogens is 362 g/mol. The summed E-state index contributed by atoms with van der Waals surface area (Å²) in [5.41, 5.74) is 13.2. The number of hydrogen-bond donors (Lipinski definition) is 4. The van der Waals surface area contributed by atoms with Crippen molar-refractivity contribution in [3.05, 3.63) is 58.3 Å². The monoisotopic (exact) mass is 382 g/mol. The smallest absolute Gasteiger partial charge is 0.354 e. The highest BCUT2D eigenvalue weighted by molar-refractivity contribution is 7.79. The molecule has 0 aliphatic heterocycles. The largest absolute Gasteiger partial charge is 0.375 e. The van der Waals surface area contributed by atoms with E-state index in [1.807, 2.05) is 30.3 Å². The van der Waals surface area contributed by atoms with Crippen molar-refractivity contribution in [2.24, 2.45) is 16.5 Å². The number of thiocarbonyl (C=S) groups is 1.